The van der Waals surface area contributed by atoms with Crippen LogP contribution in [0.3, 0.4) is 0 Å². The van der Waals surface area contributed by atoms with Crippen LogP contribution in [0.2, 0.25) is 0 Å². The van der Waals surface area contributed by atoms with Crippen LogP contribution in [0.4, 0.5) is 0 Å². The van der Waals surface area contributed by atoms with Gasteiger partial charge in [0, 0.05) is 13.1 Å². The van der Waals surface area contributed by atoms with Crippen molar-refractivity contribution >= 4 is 24.2 Å². The minimum atomic E-state index is -0.449. The van der Waals surface area contributed by atoms with Crippen LogP contribution in [-0.4, -0.2) is 24.9 Å². The van der Waals surface area contributed by atoms with E-state index in [2.05, 4.69) is 10.6 Å². The largest absolute Gasteiger partial charge is 0.356 e. The Morgan fingerprint density at radius 2 is 2.42 bits per heavy atom. The van der Waals surface area contributed by atoms with E-state index in [1.54, 1.807) is 0 Å². The normalized spacial score (nSPS) is 21.1. The fraction of sp³-hybridized carbons (Fsp3) is 0.714. The summed E-state index contributed by atoms with van der Waals surface area (Å²) in [6.45, 7) is 3.05. The lowest BCUT2D eigenvalue weighted by atomic mass is 10.1. The predicted molar refractivity (Wildman–Crippen MR) is 47.0 cm³/mol. The summed E-state index contributed by atoms with van der Waals surface area (Å²) in [5.74, 6) is -0.742. The van der Waals surface area contributed by atoms with E-state index in [0.29, 0.717) is 19.5 Å². The number of rotatable bonds is 2. The molecule has 12 heavy (non-hydrogen) atoms. The lowest BCUT2D eigenvalue weighted by Gasteiger charge is -2.05. The second-order valence-electron chi connectivity index (χ2n) is 2.53. The third-order valence-electron chi connectivity index (χ3n) is 1.72. The number of hydrogen-bond donors (Lipinski definition) is 2. The zero-order valence-electron chi connectivity index (χ0n) is 6.92. The average molecular weight is 193 g/mol. The molecule has 1 aliphatic heterocycles. The second kappa shape index (κ2) is 4.98. The molecule has 1 aliphatic rings. The van der Waals surface area contributed by atoms with Gasteiger partial charge in [0.1, 0.15) is 5.92 Å². The van der Waals surface area contributed by atoms with E-state index >= 15 is 0 Å². The maximum atomic E-state index is 11.1. The molecule has 70 valence electrons. The first-order valence-corrected chi connectivity index (χ1v) is 3.81. The highest BCUT2D eigenvalue weighted by Crippen LogP contribution is 2.08. The molecular weight excluding hydrogens is 180 g/mol. The molecule has 0 radical (unpaired) electrons. The molecule has 2 N–H and O–H groups in total. The number of amides is 2. The van der Waals surface area contributed by atoms with E-state index in [1.807, 2.05) is 6.92 Å². The fourth-order valence-corrected chi connectivity index (χ4v) is 1.14. The standard InChI is InChI=1S/C7H12N2O2.ClH/c1-2-8-6(10)5-3-4-9-7(5)11;/h5H,2-4H2,1H3,(H,8,10)(H,9,11);1H/t5-;/m0./s1. The van der Waals surface area contributed by atoms with Crippen LogP contribution in [0, 0.1) is 5.92 Å². The Morgan fingerprint density at radius 1 is 1.75 bits per heavy atom. The summed E-state index contributed by atoms with van der Waals surface area (Å²) in [6.07, 6.45) is 0.630. The van der Waals surface area contributed by atoms with E-state index < -0.39 is 5.92 Å². The van der Waals surface area contributed by atoms with Crippen molar-refractivity contribution in [2.75, 3.05) is 13.1 Å². The van der Waals surface area contributed by atoms with E-state index in [-0.39, 0.29) is 24.2 Å². The van der Waals surface area contributed by atoms with Gasteiger partial charge in [0.15, 0.2) is 0 Å². The lowest BCUT2D eigenvalue weighted by molar-refractivity contribution is -0.132. The molecular formula is C7H13ClN2O2. The van der Waals surface area contributed by atoms with Gasteiger partial charge in [0.25, 0.3) is 0 Å². The smallest absolute Gasteiger partial charge is 0.232 e. The zero-order valence-corrected chi connectivity index (χ0v) is 7.74. The molecule has 5 heteroatoms. The highest BCUT2D eigenvalue weighted by molar-refractivity contribution is 6.01. The van der Waals surface area contributed by atoms with Crippen molar-refractivity contribution in [3.05, 3.63) is 0 Å². The molecule has 2 amide bonds. The topological polar surface area (TPSA) is 58.2 Å². The number of halogens is 1. The van der Waals surface area contributed by atoms with Gasteiger partial charge in [0.05, 0.1) is 0 Å². The highest BCUT2D eigenvalue weighted by Gasteiger charge is 2.30. The van der Waals surface area contributed by atoms with Crippen LogP contribution in [-0.2, 0) is 9.59 Å². The Balaban J connectivity index is 0.00000121. The Labute approximate surface area is 77.5 Å². The lowest BCUT2D eigenvalue weighted by Crippen LogP contribution is -2.34. The van der Waals surface area contributed by atoms with Crippen molar-refractivity contribution in [2.24, 2.45) is 5.92 Å². The van der Waals surface area contributed by atoms with Crippen molar-refractivity contribution in [2.45, 2.75) is 13.3 Å². The molecule has 1 fully saturated rings. The summed E-state index contributed by atoms with van der Waals surface area (Å²) >= 11 is 0. The van der Waals surface area contributed by atoms with Crippen molar-refractivity contribution in [3.8, 4) is 0 Å². The third kappa shape index (κ3) is 2.37. The fourth-order valence-electron chi connectivity index (χ4n) is 1.14. The van der Waals surface area contributed by atoms with Gasteiger partial charge in [-0.1, -0.05) is 0 Å². The van der Waals surface area contributed by atoms with Crippen LogP contribution in [0.25, 0.3) is 0 Å². The average Bonchev–Trinajstić information content (AvgIpc) is 2.36. The highest BCUT2D eigenvalue weighted by atomic mass is 35.5. The van der Waals surface area contributed by atoms with Crippen molar-refractivity contribution < 1.29 is 9.59 Å². The van der Waals surface area contributed by atoms with Crippen molar-refractivity contribution in [3.63, 3.8) is 0 Å². The Hall–Kier alpha value is -0.770. The van der Waals surface area contributed by atoms with Crippen LogP contribution in [0.1, 0.15) is 13.3 Å². The van der Waals surface area contributed by atoms with Gasteiger partial charge in [-0.2, -0.15) is 0 Å². The Kier molecular flexibility index (Phi) is 4.66. The van der Waals surface area contributed by atoms with Gasteiger partial charge >= 0.3 is 0 Å². The van der Waals surface area contributed by atoms with E-state index in [4.69, 9.17) is 0 Å². The van der Waals surface area contributed by atoms with E-state index in [9.17, 15) is 9.59 Å². The van der Waals surface area contributed by atoms with Crippen LogP contribution < -0.4 is 10.6 Å². The molecule has 1 heterocycles. The molecule has 0 bridgehead atoms. The first kappa shape index (κ1) is 11.2. The third-order valence-corrected chi connectivity index (χ3v) is 1.72. The summed E-state index contributed by atoms with van der Waals surface area (Å²) in [5, 5.41) is 5.23. The first-order valence-electron chi connectivity index (χ1n) is 3.81. The minimum absolute atomic E-state index is 0. The summed E-state index contributed by atoms with van der Waals surface area (Å²) < 4.78 is 0. The molecule has 1 atom stereocenters. The van der Waals surface area contributed by atoms with Crippen LogP contribution >= 0.6 is 12.4 Å². The molecule has 4 nitrogen and oxygen atoms in total. The number of hydrogen-bond acceptors (Lipinski definition) is 2. The molecule has 0 aromatic heterocycles. The molecule has 0 spiro atoms. The molecule has 1 rings (SSSR count). The van der Waals surface area contributed by atoms with Gasteiger partial charge in [-0.25, -0.2) is 0 Å². The monoisotopic (exact) mass is 192 g/mol. The second-order valence-corrected chi connectivity index (χ2v) is 2.53. The zero-order chi connectivity index (χ0) is 8.27. The predicted octanol–water partition coefficient (Wildman–Crippen LogP) is -0.320. The summed E-state index contributed by atoms with van der Waals surface area (Å²) in [5.41, 5.74) is 0. The van der Waals surface area contributed by atoms with Gasteiger partial charge in [-0.05, 0) is 13.3 Å². The SMILES string of the molecule is CCNC(=O)[C@@H]1CCNC1=O.Cl. The van der Waals surface area contributed by atoms with Gasteiger partial charge in [0.2, 0.25) is 11.8 Å². The number of carbonyl (C=O) groups excluding carboxylic acids is 2. The Morgan fingerprint density at radius 3 is 2.83 bits per heavy atom. The van der Waals surface area contributed by atoms with Crippen LogP contribution in [0.5, 0.6) is 0 Å². The molecule has 0 saturated carbocycles. The molecule has 1 saturated heterocycles. The summed E-state index contributed by atoms with van der Waals surface area (Å²) in [7, 11) is 0. The molecule has 0 unspecified atom stereocenters. The van der Waals surface area contributed by atoms with E-state index in [0.717, 1.165) is 0 Å². The molecule has 0 aliphatic carbocycles. The minimum Gasteiger partial charge on any atom is -0.356 e. The maximum absolute atomic E-state index is 11.1. The quantitative estimate of drug-likeness (QED) is 0.590. The van der Waals surface area contributed by atoms with Crippen molar-refractivity contribution in [1.29, 1.82) is 0 Å². The molecule has 0 aromatic carbocycles. The molecule has 0 aromatic rings. The van der Waals surface area contributed by atoms with Gasteiger partial charge in [-0.3, -0.25) is 9.59 Å². The maximum Gasteiger partial charge on any atom is 0.232 e. The Bertz CT molecular complexity index is 184. The van der Waals surface area contributed by atoms with E-state index in [1.165, 1.54) is 0 Å². The number of carbonyl (C=O) groups is 2. The summed E-state index contributed by atoms with van der Waals surface area (Å²) in [6, 6.07) is 0. The van der Waals surface area contributed by atoms with Crippen molar-refractivity contribution in [1.82, 2.24) is 10.6 Å². The summed E-state index contributed by atoms with van der Waals surface area (Å²) in [4.78, 5) is 22.0. The van der Waals surface area contributed by atoms with Gasteiger partial charge < -0.3 is 10.6 Å². The van der Waals surface area contributed by atoms with Crippen LogP contribution in [0.15, 0.2) is 0 Å². The van der Waals surface area contributed by atoms with Gasteiger partial charge in [-0.15, -0.1) is 12.4 Å². The first-order chi connectivity index (χ1) is 5.25. The number of nitrogens with one attached hydrogen (secondary N) is 2.